The van der Waals surface area contributed by atoms with Gasteiger partial charge in [0.25, 0.3) is 0 Å². The third-order valence-corrected chi connectivity index (χ3v) is 3.92. The quantitative estimate of drug-likeness (QED) is 0.705. The first kappa shape index (κ1) is 16.6. The Hall–Kier alpha value is -1.75. The summed E-state index contributed by atoms with van der Waals surface area (Å²) in [6.45, 7) is 5.60. The lowest BCUT2D eigenvalue weighted by Gasteiger charge is -2.12. The fraction of sp³-hybridized carbons (Fsp3) is 0.588. The van der Waals surface area contributed by atoms with Crippen molar-refractivity contribution in [2.24, 2.45) is 5.92 Å². The van der Waals surface area contributed by atoms with E-state index in [2.05, 4.69) is 16.7 Å². The number of hydrogen-bond acceptors (Lipinski definition) is 3. The van der Waals surface area contributed by atoms with Crippen molar-refractivity contribution in [3.8, 4) is 5.75 Å². The van der Waals surface area contributed by atoms with Crippen molar-refractivity contribution in [1.82, 2.24) is 10.6 Å². The number of benzene rings is 1. The lowest BCUT2D eigenvalue weighted by molar-refractivity contribution is 0.177. The number of nitrogens with one attached hydrogen (secondary N) is 2. The highest BCUT2D eigenvalue weighted by atomic mass is 16.5. The predicted octanol–water partition coefficient (Wildman–Crippen LogP) is 2.14. The van der Waals surface area contributed by atoms with Crippen LogP contribution in [0.3, 0.4) is 0 Å². The minimum absolute atomic E-state index is 0.176. The molecule has 2 amide bonds. The van der Waals surface area contributed by atoms with Gasteiger partial charge in [0.1, 0.15) is 12.4 Å². The molecule has 0 aliphatic heterocycles. The fourth-order valence-corrected chi connectivity index (χ4v) is 2.88. The zero-order valence-corrected chi connectivity index (χ0v) is 13.4. The van der Waals surface area contributed by atoms with Crippen LogP contribution in [0.2, 0.25) is 0 Å². The van der Waals surface area contributed by atoms with Gasteiger partial charge in [0.05, 0.1) is 12.6 Å². The van der Waals surface area contributed by atoms with Crippen LogP contribution in [0.1, 0.15) is 30.4 Å². The number of aliphatic hydroxyl groups excluding tert-OH is 1. The summed E-state index contributed by atoms with van der Waals surface area (Å²) in [5.41, 5.74) is 2.33. The van der Waals surface area contributed by atoms with Gasteiger partial charge in [-0.05, 0) is 62.3 Å². The zero-order chi connectivity index (χ0) is 15.9. The lowest BCUT2D eigenvalue weighted by Crippen LogP contribution is -2.39. The van der Waals surface area contributed by atoms with E-state index < -0.39 is 0 Å². The summed E-state index contributed by atoms with van der Waals surface area (Å²) in [6, 6.07) is 5.89. The molecule has 2 atom stereocenters. The highest BCUT2D eigenvalue weighted by molar-refractivity contribution is 5.73. The maximum absolute atomic E-state index is 11.7. The van der Waals surface area contributed by atoms with E-state index in [0.29, 0.717) is 25.6 Å². The molecule has 0 radical (unpaired) electrons. The molecule has 2 rings (SSSR count). The van der Waals surface area contributed by atoms with Crippen LogP contribution < -0.4 is 15.4 Å². The molecule has 0 spiro atoms. The number of aryl methyl sites for hydroxylation is 2. The Morgan fingerprint density at radius 1 is 1.23 bits per heavy atom. The van der Waals surface area contributed by atoms with Crippen LogP contribution in [-0.4, -0.2) is 36.9 Å². The Balaban J connectivity index is 1.58. The first-order chi connectivity index (χ1) is 10.5. The molecule has 0 heterocycles. The van der Waals surface area contributed by atoms with Gasteiger partial charge >= 0.3 is 6.03 Å². The molecule has 1 aliphatic carbocycles. The topological polar surface area (TPSA) is 70.6 Å². The number of rotatable bonds is 6. The molecule has 0 saturated heterocycles. The second-order valence-electron chi connectivity index (χ2n) is 6.14. The van der Waals surface area contributed by atoms with Crippen molar-refractivity contribution >= 4 is 6.03 Å². The van der Waals surface area contributed by atoms with Gasteiger partial charge in [0, 0.05) is 6.54 Å². The maximum atomic E-state index is 11.7. The van der Waals surface area contributed by atoms with E-state index in [-0.39, 0.29) is 12.1 Å². The van der Waals surface area contributed by atoms with Crippen LogP contribution in [0.15, 0.2) is 18.2 Å². The number of carbonyl (C=O) groups is 1. The highest BCUT2D eigenvalue weighted by Gasteiger charge is 2.22. The first-order valence-corrected chi connectivity index (χ1v) is 7.94. The van der Waals surface area contributed by atoms with Gasteiger partial charge in [-0.1, -0.05) is 6.07 Å². The lowest BCUT2D eigenvalue weighted by atomic mass is 10.1. The molecule has 1 saturated carbocycles. The first-order valence-electron chi connectivity index (χ1n) is 7.94. The monoisotopic (exact) mass is 306 g/mol. The van der Waals surface area contributed by atoms with Gasteiger partial charge in [-0.25, -0.2) is 4.79 Å². The number of ether oxygens (including phenoxy) is 1. The SMILES string of the molecule is Cc1cc(C)cc(OCCNC(=O)NC[C@H]2CC[C@@H](O)C2)c1. The van der Waals surface area contributed by atoms with E-state index in [1.165, 1.54) is 11.1 Å². The summed E-state index contributed by atoms with van der Waals surface area (Å²) in [6.07, 6.45) is 2.42. The molecule has 5 nitrogen and oxygen atoms in total. The van der Waals surface area contributed by atoms with Crippen molar-refractivity contribution in [1.29, 1.82) is 0 Å². The average molecular weight is 306 g/mol. The van der Waals surface area contributed by atoms with E-state index in [9.17, 15) is 9.90 Å². The third-order valence-electron chi connectivity index (χ3n) is 3.92. The van der Waals surface area contributed by atoms with Crippen molar-refractivity contribution in [2.75, 3.05) is 19.7 Å². The minimum Gasteiger partial charge on any atom is -0.492 e. The third kappa shape index (κ3) is 5.56. The largest absolute Gasteiger partial charge is 0.492 e. The van der Waals surface area contributed by atoms with Crippen molar-refractivity contribution in [3.63, 3.8) is 0 Å². The average Bonchev–Trinajstić information content (AvgIpc) is 2.86. The molecule has 1 aromatic carbocycles. The molecular weight excluding hydrogens is 280 g/mol. The van der Waals surface area contributed by atoms with Crippen LogP contribution >= 0.6 is 0 Å². The summed E-state index contributed by atoms with van der Waals surface area (Å²) in [7, 11) is 0. The molecule has 22 heavy (non-hydrogen) atoms. The second-order valence-corrected chi connectivity index (χ2v) is 6.14. The van der Waals surface area contributed by atoms with Crippen molar-refractivity contribution < 1.29 is 14.6 Å². The molecule has 0 aromatic heterocycles. The van der Waals surface area contributed by atoms with Gasteiger partial charge in [0.2, 0.25) is 0 Å². The molecule has 1 aromatic rings. The Bertz CT molecular complexity index is 484. The molecular formula is C17H26N2O3. The molecule has 1 aliphatic rings. The Kier molecular flexibility index (Phi) is 6.07. The van der Waals surface area contributed by atoms with Crippen LogP contribution in [0.25, 0.3) is 0 Å². The fourth-order valence-electron chi connectivity index (χ4n) is 2.88. The van der Waals surface area contributed by atoms with Gasteiger partial charge in [-0.15, -0.1) is 0 Å². The Labute approximate surface area is 132 Å². The van der Waals surface area contributed by atoms with E-state index >= 15 is 0 Å². The number of aliphatic hydroxyl groups is 1. The molecule has 122 valence electrons. The van der Waals surface area contributed by atoms with E-state index in [0.717, 1.165) is 25.0 Å². The standard InChI is InChI=1S/C17H26N2O3/c1-12-7-13(2)9-16(8-12)22-6-5-18-17(21)19-11-14-3-4-15(20)10-14/h7-9,14-15,20H,3-6,10-11H2,1-2H3,(H2,18,19,21)/t14-,15+/m0/s1. The van der Waals surface area contributed by atoms with Crippen molar-refractivity contribution in [2.45, 2.75) is 39.2 Å². The predicted molar refractivity (Wildman–Crippen MR) is 86.2 cm³/mol. The number of urea groups is 1. The summed E-state index contributed by atoms with van der Waals surface area (Å²) in [5, 5.41) is 15.1. The number of hydrogen-bond donors (Lipinski definition) is 3. The molecule has 0 bridgehead atoms. The Morgan fingerprint density at radius 2 is 1.95 bits per heavy atom. The zero-order valence-electron chi connectivity index (χ0n) is 13.4. The second kappa shape index (κ2) is 8.03. The van der Waals surface area contributed by atoms with Crippen LogP contribution in [0, 0.1) is 19.8 Å². The van der Waals surface area contributed by atoms with E-state index in [1.807, 2.05) is 26.0 Å². The minimum atomic E-state index is -0.193. The summed E-state index contributed by atoms with van der Waals surface area (Å²) in [5.74, 6) is 1.23. The Morgan fingerprint density at radius 3 is 2.59 bits per heavy atom. The highest BCUT2D eigenvalue weighted by Crippen LogP contribution is 2.24. The van der Waals surface area contributed by atoms with Gasteiger partial charge in [-0.3, -0.25) is 0 Å². The number of amides is 2. The molecule has 1 fully saturated rings. The van der Waals surface area contributed by atoms with Crippen molar-refractivity contribution in [3.05, 3.63) is 29.3 Å². The van der Waals surface area contributed by atoms with Crippen LogP contribution in [-0.2, 0) is 0 Å². The van der Waals surface area contributed by atoms with Gasteiger partial charge in [0.15, 0.2) is 0 Å². The smallest absolute Gasteiger partial charge is 0.314 e. The van der Waals surface area contributed by atoms with E-state index in [1.54, 1.807) is 0 Å². The summed E-state index contributed by atoms with van der Waals surface area (Å²) < 4.78 is 5.63. The number of carbonyl (C=O) groups excluding carboxylic acids is 1. The maximum Gasteiger partial charge on any atom is 0.314 e. The van der Waals surface area contributed by atoms with Gasteiger partial charge < -0.3 is 20.5 Å². The molecule has 0 unspecified atom stereocenters. The molecule has 3 N–H and O–H groups in total. The molecule has 5 heteroatoms. The van der Waals surface area contributed by atoms with Crippen LogP contribution in [0.4, 0.5) is 4.79 Å². The van der Waals surface area contributed by atoms with E-state index in [4.69, 9.17) is 4.74 Å². The van der Waals surface area contributed by atoms with Crippen LogP contribution in [0.5, 0.6) is 5.75 Å². The normalized spacial score (nSPS) is 20.7. The van der Waals surface area contributed by atoms with Gasteiger partial charge in [-0.2, -0.15) is 0 Å². The summed E-state index contributed by atoms with van der Waals surface area (Å²) >= 11 is 0. The summed E-state index contributed by atoms with van der Waals surface area (Å²) in [4.78, 5) is 11.7.